The van der Waals surface area contributed by atoms with E-state index in [4.69, 9.17) is 0 Å². The third-order valence-electron chi connectivity index (χ3n) is 4.36. The summed E-state index contributed by atoms with van der Waals surface area (Å²) in [5.41, 5.74) is 0. The van der Waals surface area contributed by atoms with Gasteiger partial charge in [-0.15, -0.1) is 0 Å². The van der Waals surface area contributed by atoms with E-state index in [9.17, 15) is 13.5 Å². The van der Waals surface area contributed by atoms with Gasteiger partial charge < -0.3 is 10.0 Å². The van der Waals surface area contributed by atoms with Gasteiger partial charge in [-0.25, -0.2) is 8.42 Å². The lowest BCUT2D eigenvalue weighted by Crippen LogP contribution is -2.36. The predicted molar refractivity (Wildman–Crippen MR) is 72.2 cm³/mol. The van der Waals surface area contributed by atoms with Crippen molar-refractivity contribution in [3.8, 4) is 0 Å². The third kappa shape index (κ3) is 3.93. The molecule has 0 amide bonds. The molecule has 1 N–H and O–H groups in total. The molecule has 106 valence electrons. The van der Waals surface area contributed by atoms with Crippen LogP contribution in [-0.4, -0.2) is 56.2 Å². The number of nitrogens with zero attached hydrogens (tertiary/aromatic N) is 1. The Labute approximate surface area is 110 Å². The number of hydrogen-bond donors (Lipinski definition) is 1. The maximum Gasteiger partial charge on any atom is 0.150 e. The Morgan fingerprint density at radius 1 is 1.17 bits per heavy atom. The van der Waals surface area contributed by atoms with Crippen molar-refractivity contribution in [1.29, 1.82) is 0 Å². The standard InChI is InChI=1S/C13H25NO3S/c15-10-13(12-5-8-18(16,17)11-12)9-14-6-3-1-2-4-7-14/h12-13,15H,1-11H2. The molecule has 0 saturated carbocycles. The number of sulfone groups is 1. The molecule has 2 rings (SSSR count). The average molecular weight is 275 g/mol. The van der Waals surface area contributed by atoms with E-state index < -0.39 is 9.84 Å². The van der Waals surface area contributed by atoms with Gasteiger partial charge in [-0.1, -0.05) is 12.8 Å². The summed E-state index contributed by atoms with van der Waals surface area (Å²) in [6.45, 7) is 3.21. The fourth-order valence-corrected chi connectivity index (χ4v) is 5.12. The molecule has 2 aliphatic heterocycles. The second-order valence-corrected chi connectivity index (χ2v) is 8.05. The highest BCUT2D eigenvalue weighted by Gasteiger charge is 2.34. The van der Waals surface area contributed by atoms with Crippen molar-refractivity contribution in [3.05, 3.63) is 0 Å². The van der Waals surface area contributed by atoms with Crippen LogP contribution in [0.15, 0.2) is 0 Å². The lowest BCUT2D eigenvalue weighted by atomic mass is 9.92. The Morgan fingerprint density at radius 2 is 1.83 bits per heavy atom. The summed E-state index contributed by atoms with van der Waals surface area (Å²) in [5, 5.41) is 9.54. The fourth-order valence-electron chi connectivity index (χ4n) is 3.20. The minimum absolute atomic E-state index is 0.122. The first-order valence-electron chi connectivity index (χ1n) is 7.14. The maximum absolute atomic E-state index is 11.5. The van der Waals surface area contributed by atoms with Crippen molar-refractivity contribution in [2.24, 2.45) is 11.8 Å². The van der Waals surface area contributed by atoms with Gasteiger partial charge in [0.25, 0.3) is 0 Å². The highest BCUT2D eigenvalue weighted by Crippen LogP contribution is 2.27. The number of hydrogen-bond acceptors (Lipinski definition) is 4. The molecular weight excluding hydrogens is 250 g/mol. The van der Waals surface area contributed by atoms with E-state index in [1.807, 2.05) is 0 Å². The van der Waals surface area contributed by atoms with Crippen molar-refractivity contribution in [2.45, 2.75) is 32.1 Å². The minimum Gasteiger partial charge on any atom is -0.396 e. The summed E-state index contributed by atoms with van der Waals surface area (Å²) in [5.74, 6) is 0.906. The molecule has 4 nitrogen and oxygen atoms in total. The van der Waals surface area contributed by atoms with Crippen LogP contribution in [0.4, 0.5) is 0 Å². The van der Waals surface area contributed by atoms with Crippen LogP contribution >= 0.6 is 0 Å². The van der Waals surface area contributed by atoms with E-state index in [-0.39, 0.29) is 24.2 Å². The summed E-state index contributed by atoms with van der Waals surface area (Å²) in [7, 11) is -2.83. The zero-order valence-corrected chi connectivity index (χ0v) is 11.9. The van der Waals surface area contributed by atoms with Crippen LogP contribution in [0.25, 0.3) is 0 Å². The molecule has 2 fully saturated rings. The number of rotatable bonds is 4. The number of aliphatic hydroxyl groups is 1. The second kappa shape index (κ2) is 6.35. The lowest BCUT2D eigenvalue weighted by Gasteiger charge is -2.28. The smallest absolute Gasteiger partial charge is 0.150 e. The highest BCUT2D eigenvalue weighted by molar-refractivity contribution is 7.91. The molecule has 0 bridgehead atoms. The zero-order chi connectivity index (χ0) is 13.0. The largest absolute Gasteiger partial charge is 0.396 e. The van der Waals surface area contributed by atoms with Crippen LogP contribution in [0.3, 0.4) is 0 Å². The summed E-state index contributed by atoms with van der Waals surface area (Å²) in [4.78, 5) is 2.42. The van der Waals surface area contributed by atoms with Gasteiger partial charge in [-0.05, 0) is 44.2 Å². The normalized spacial score (nSPS) is 31.1. The quantitative estimate of drug-likeness (QED) is 0.828. The lowest BCUT2D eigenvalue weighted by molar-refractivity contribution is 0.131. The van der Waals surface area contributed by atoms with Crippen LogP contribution < -0.4 is 0 Å². The van der Waals surface area contributed by atoms with Crippen molar-refractivity contribution < 1.29 is 13.5 Å². The first-order chi connectivity index (χ1) is 8.61. The molecule has 2 unspecified atom stereocenters. The van der Waals surface area contributed by atoms with Gasteiger partial charge in [0.2, 0.25) is 0 Å². The summed E-state index contributed by atoms with van der Waals surface area (Å²) >= 11 is 0. The van der Waals surface area contributed by atoms with Crippen LogP contribution in [0, 0.1) is 11.8 Å². The van der Waals surface area contributed by atoms with Gasteiger partial charge in [0, 0.05) is 13.2 Å². The van der Waals surface area contributed by atoms with Gasteiger partial charge in [-0.2, -0.15) is 0 Å². The molecule has 2 aliphatic rings. The maximum atomic E-state index is 11.5. The predicted octanol–water partition coefficient (Wildman–Crippen LogP) is 0.906. The molecule has 0 aromatic heterocycles. The summed E-state index contributed by atoms with van der Waals surface area (Å²) in [6, 6.07) is 0. The molecule has 18 heavy (non-hydrogen) atoms. The Morgan fingerprint density at radius 3 is 2.33 bits per heavy atom. The van der Waals surface area contributed by atoms with Crippen molar-refractivity contribution in [2.75, 3.05) is 37.7 Å². The fraction of sp³-hybridized carbons (Fsp3) is 1.00. The van der Waals surface area contributed by atoms with E-state index in [0.717, 1.165) is 26.1 Å². The Balaban J connectivity index is 1.88. The van der Waals surface area contributed by atoms with Gasteiger partial charge in [-0.3, -0.25) is 0 Å². The van der Waals surface area contributed by atoms with Gasteiger partial charge >= 0.3 is 0 Å². The second-order valence-electron chi connectivity index (χ2n) is 5.82. The van der Waals surface area contributed by atoms with Gasteiger partial charge in [0.1, 0.15) is 0 Å². The molecule has 0 spiro atoms. The first kappa shape index (κ1) is 14.3. The zero-order valence-electron chi connectivity index (χ0n) is 11.1. The van der Waals surface area contributed by atoms with Crippen molar-refractivity contribution in [3.63, 3.8) is 0 Å². The summed E-state index contributed by atoms with van der Waals surface area (Å²) in [6.07, 6.45) is 5.82. The summed E-state index contributed by atoms with van der Waals surface area (Å²) < 4.78 is 23.0. The average Bonchev–Trinajstić information content (AvgIpc) is 2.55. The van der Waals surface area contributed by atoms with E-state index in [1.165, 1.54) is 25.7 Å². The van der Waals surface area contributed by atoms with E-state index in [1.54, 1.807) is 0 Å². The minimum atomic E-state index is -2.83. The monoisotopic (exact) mass is 275 g/mol. The molecule has 2 atom stereocenters. The molecule has 5 heteroatoms. The number of likely N-dealkylation sites (tertiary alicyclic amines) is 1. The topological polar surface area (TPSA) is 57.6 Å². The van der Waals surface area contributed by atoms with E-state index in [0.29, 0.717) is 5.75 Å². The number of aliphatic hydroxyl groups excluding tert-OH is 1. The molecule has 0 aliphatic carbocycles. The SMILES string of the molecule is O=S1(=O)CCC(C(CO)CN2CCCCCC2)C1. The first-order valence-corrected chi connectivity index (χ1v) is 8.96. The van der Waals surface area contributed by atoms with Crippen LogP contribution in [0.2, 0.25) is 0 Å². The van der Waals surface area contributed by atoms with Crippen LogP contribution in [0.5, 0.6) is 0 Å². The van der Waals surface area contributed by atoms with Crippen LogP contribution in [0.1, 0.15) is 32.1 Å². The molecular formula is C13H25NO3S. The Bertz CT molecular complexity index is 347. The van der Waals surface area contributed by atoms with E-state index >= 15 is 0 Å². The van der Waals surface area contributed by atoms with Gasteiger partial charge in [0.15, 0.2) is 9.84 Å². The molecule has 0 radical (unpaired) electrons. The Kier molecular flexibility index (Phi) is 5.04. The van der Waals surface area contributed by atoms with Crippen molar-refractivity contribution >= 4 is 9.84 Å². The van der Waals surface area contributed by atoms with Crippen molar-refractivity contribution in [1.82, 2.24) is 4.90 Å². The highest BCUT2D eigenvalue weighted by atomic mass is 32.2. The molecule has 2 heterocycles. The molecule has 2 saturated heterocycles. The Hall–Kier alpha value is -0.130. The van der Waals surface area contributed by atoms with Gasteiger partial charge in [0.05, 0.1) is 11.5 Å². The third-order valence-corrected chi connectivity index (χ3v) is 6.15. The molecule has 0 aromatic carbocycles. The van der Waals surface area contributed by atoms with Crippen LogP contribution in [-0.2, 0) is 9.84 Å². The molecule has 0 aromatic rings. The van der Waals surface area contributed by atoms with E-state index in [2.05, 4.69) is 4.90 Å².